The number of aryl methyl sites for hydroxylation is 1. The van der Waals surface area contributed by atoms with Gasteiger partial charge in [-0.1, -0.05) is 0 Å². The summed E-state index contributed by atoms with van der Waals surface area (Å²) < 4.78 is 4.93. The molecule has 0 radical (unpaired) electrons. The molecule has 0 amide bonds. The Morgan fingerprint density at radius 2 is 2.30 bits per heavy atom. The molecule has 0 aliphatic heterocycles. The van der Waals surface area contributed by atoms with Gasteiger partial charge in [-0.05, 0) is 18.6 Å². The maximum atomic E-state index is 5.48. The minimum Gasteiger partial charge on any atom is -0.495 e. The zero-order valence-corrected chi connectivity index (χ0v) is 6.09. The smallest absolute Gasteiger partial charge is 0.137 e. The average molecular weight is 138 g/mol. The second kappa shape index (κ2) is 2.56. The van der Waals surface area contributed by atoms with E-state index in [0.29, 0.717) is 5.82 Å². The van der Waals surface area contributed by atoms with Crippen molar-refractivity contribution >= 4 is 5.82 Å². The number of hydrogen-bond acceptors (Lipinski definition) is 3. The summed E-state index contributed by atoms with van der Waals surface area (Å²) in [5.41, 5.74) is 6.42. The molecule has 1 aromatic rings. The zero-order chi connectivity index (χ0) is 7.56. The molecule has 0 bridgehead atoms. The van der Waals surface area contributed by atoms with Crippen molar-refractivity contribution in [3.05, 3.63) is 17.8 Å². The first-order chi connectivity index (χ1) is 4.74. The number of methoxy groups -OCH3 is 1. The van der Waals surface area contributed by atoms with Gasteiger partial charge in [0, 0.05) is 0 Å². The van der Waals surface area contributed by atoms with Gasteiger partial charge in [0.25, 0.3) is 0 Å². The van der Waals surface area contributed by atoms with Gasteiger partial charge in [0.1, 0.15) is 11.6 Å². The van der Waals surface area contributed by atoms with Crippen molar-refractivity contribution in [3.8, 4) is 5.75 Å². The number of nitrogen functional groups attached to an aromatic ring is 1. The van der Waals surface area contributed by atoms with Crippen molar-refractivity contribution in [3.63, 3.8) is 0 Å². The Kier molecular flexibility index (Phi) is 1.76. The van der Waals surface area contributed by atoms with Crippen LogP contribution in [0.1, 0.15) is 5.56 Å². The summed E-state index contributed by atoms with van der Waals surface area (Å²) in [6, 6.07) is 1.85. The van der Waals surface area contributed by atoms with Crippen LogP contribution in [-0.2, 0) is 0 Å². The van der Waals surface area contributed by atoms with Crippen molar-refractivity contribution in [2.45, 2.75) is 6.92 Å². The highest BCUT2D eigenvalue weighted by atomic mass is 16.5. The predicted octanol–water partition coefficient (Wildman–Crippen LogP) is 0.981. The number of pyridine rings is 1. The third-order valence-corrected chi connectivity index (χ3v) is 1.33. The van der Waals surface area contributed by atoms with Crippen molar-refractivity contribution in [2.24, 2.45) is 0 Å². The molecule has 3 heteroatoms. The molecule has 0 unspecified atom stereocenters. The maximum Gasteiger partial charge on any atom is 0.137 e. The minimum atomic E-state index is 0.556. The number of rotatable bonds is 1. The van der Waals surface area contributed by atoms with Crippen LogP contribution < -0.4 is 10.5 Å². The van der Waals surface area contributed by atoms with Crippen molar-refractivity contribution in [1.29, 1.82) is 0 Å². The highest BCUT2D eigenvalue weighted by molar-refractivity contribution is 5.41. The van der Waals surface area contributed by atoms with Crippen LogP contribution in [0.3, 0.4) is 0 Å². The second-order valence-electron chi connectivity index (χ2n) is 2.08. The topological polar surface area (TPSA) is 48.1 Å². The molecule has 0 saturated heterocycles. The van der Waals surface area contributed by atoms with Crippen molar-refractivity contribution in [2.75, 3.05) is 12.8 Å². The molecular formula is C7H10N2O. The molecule has 0 aliphatic rings. The lowest BCUT2D eigenvalue weighted by atomic mass is 10.3. The lowest BCUT2D eigenvalue weighted by Crippen LogP contribution is -1.94. The van der Waals surface area contributed by atoms with E-state index in [9.17, 15) is 0 Å². The highest BCUT2D eigenvalue weighted by Gasteiger charge is 1.95. The number of aromatic nitrogens is 1. The van der Waals surface area contributed by atoms with E-state index in [2.05, 4.69) is 4.98 Å². The standard InChI is InChI=1S/C7H10N2O/c1-5-3-6(10-2)4-9-7(5)8/h3-4H,1-2H3,(H2,8,9). The summed E-state index contributed by atoms with van der Waals surface area (Å²) in [5.74, 6) is 1.30. The van der Waals surface area contributed by atoms with Gasteiger partial charge in [-0.2, -0.15) is 0 Å². The van der Waals surface area contributed by atoms with E-state index >= 15 is 0 Å². The third kappa shape index (κ3) is 1.18. The van der Waals surface area contributed by atoms with Crippen LogP contribution in [0.5, 0.6) is 5.75 Å². The number of nitrogens with two attached hydrogens (primary N) is 1. The Morgan fingerprint density at radius 3 is 2.80 bits per heavy atom. The quantitative estimate of drug-likeness (QED) is 0.629. The largest absolute Gasteiger partial charge is 0.495 e. The molecule has 2 N–H and O–H groups in total. The molecule has 0 aliphatic carbocycles. The van der Waals surface area contributed by atoms with Crippen LogP contribution in [0.4, 0.5) is 5.82 Å². The van der Waals surface area contributed by atoms with E-state index in [1.165, 1.54) is 0 Å². The van der Waals surface area contributed by atoms with E-state index in [0.717, 1.165) is 11.3 Å². The molecular weight excluding hydrogens is 128 g/mol. The molecule has 3 nitrogen and oxygen atoms in total. The molecule has 1 heterocycles. The van der Waals surface area contributed by atoms with Crippen molar-refractivity contribution < 1.29 is 4.74 Å². The van der Waals surface area contributed by atoms with Gasteiger partial charge in [-0.3, -0.25) is 0 Å². The molecule has 1 aromatic heterocycles. The summed E-state index contributed by atoms with van der Waals surface area (Å²) in [6.45, 7) is 1.89. The molecule has 10 heavy (non-hydrogen) atoms. The maximum absolute atomic E-state index is 5.48. The summed E-state index contributed by atoms with van der Waals surface area (Å²) in [7, 11) is 1.60. The Balaban J connectivity index is 3.04. The van der Waals surface area contributed by atoms with Crippen LogP contribution in [0, 0.1) is 6.92 Å². The first-order valence-corrected chi connectivity index (χ1v) is 3.00. The number of hydrogen-bond donors (Lipinski definition) is 1. The summed E-state index contributed by atoms with van der Waals surface area (Å²) >= 11 is 0. The van der Waals surface area contributed by atoms with E-state index in [1.54, 1.807) is 13.3 Å². The molecule has 0 saturated carbocycles. The van der Waals surface area contributed by atoms with Gasteiger partial charge in [0.2, 0.25) is 0 Å². The fourth-order valence-corrected chi connectivity index (χ4v) is 0.671. The summed E-state index contributed by atoms with van der Waals surface area (Å²) in [4.78, 5) is 3.90. The molecule has 0 atom stereocenters. The first kappa shape index (κ1) is 6.86. The molecule has 0 aromatic carbocycles. The number of ether oxygens (including phenoxy) is 1. The van der Waals surface area contributed by atoms with Crippen LogP contribution >= 0.6 is 0 Å². The molecule has 0 spiro atoms. The average Bonchev–Trinajstić information content (AvgIpc) is 1.95. The van der Waals surface area contributed by atoms with E-state index < -0.39 is 0 Å². The Morgan fingerprint density at radius 1 is 1.60 bits per heavy atom. The van der Waals surface area contributed by atoms with E-state index in [4.69, 9.17) is 10.5 Å². The van der Waals surface area contributed by atoms with Crippen LogP contribution in [-0.4, -0.2) is 12.1 Å². The van der Waals surface area contributed by atoms with E-state index in [1.807, 2.05) is 13.0 Å². The van der Waals surface area contributed by atoms with Gasteiger partial charge in [0.15, 0.2) is 0 Å². The number of nitrogens with zero attached hydrogens (tertiary/aromatic N) is 1. The van der Waals surface area contributed by atoms with Crippen molar-refractivity contribution in [1.82, 2.24) is 4.98 Å². The SMILES string of the molecule is COc1cnc(N)c(C)c1. The van der Waals surface area contributed by atoms with E-state index in [-0.39, 0.29) is 0 Å². The third-order valence-electron chi connectivity index (χ3n) is 1.33. The lowest BCUT2D eigenvalue weighted by molar-refractivity contribution is 0.412. The van der Waals surface area contributed by atoms with Gasteiger partial charge in [-0.25, -0.2) is 4.98 Å². The van der Waals surface area contributed by atoms with Gasteiger partial charge >= 0.3 is 0 Å². The number of anilines is 1. The monoisotopic (exact) mass is 138 g/mol. The van der Waals surface area contributed by atoms with Gasteiger partial charge in [0.05, 0.1) is 13.3 Å². The summed E-state index contributed by atoms with van der Waals surface area (Å²) in [6.07, 6.45) is 1.60. The van der Waals surface area contributed by atoms with Crippen LogP contribution in [0.2, 0.25) is 0 Å². The molecule has 0 fully saturated rings. The Hall–Kier alpha value is -1.25. The second-order valence-corrected chi connectivity index (χ2v) is 2.08. The Labute approximate surface area is 59.8 Å². The van der Waals surface area contributed by atoms with Gasteiger partial charge in [-0.15, -0.1) is 0 Å². The lowest BCUT2D eigenvalue weighted by Gasteiger charge is -2.01. The van der Waals surface area contributed by atoms with Crippen LogP contribution in [0.25, 0.3) is 0 Å². The predicted molar refractivity (Wildman–Crippen MR) is 39.9 cm³/mol. The summed E-state index contributed by atoms with van der Waals surface area (Å²) in [5, 5.41) is 0. The Bertz CT molecular complexity index is 235. The highest BCUT2D eigenvalue weighted by Crippen LogP contribution is 2.14. The first-order valence-electron chi connectivity index (χ1n) is 3.00. The fraction of sp³-hybridized carbons (Fsp3) is 0.286. The molecule has 1 rings (SSSR count). The molecule has 54 valence electrons. The van der Waals surface area contributed by atoms with Gasteiger partial charge < -0.3 is 10.5 Å². The minimum absolute atomic E-state index is 0.556. The normalized spacial score (nSPS) is 9.40. The fourth-order valence-electron chi connectivity index (χ4n) is 0.671. The van der Waals surface area contributed by atoms with Crippen LogP contribution in [0.15, 0.2) is 12.3 Å². The zero-order valence-electron chi connectivity index (χ0n) is 6.09.